The molecule has 0 radical (unpaired) electrons. The summed E-state index contributed by atoms with van der Waals surface area (Å²) in [6.45, 7) is 4.57. The van der Waals surface area contributed by atoms with Crippen molar-refractivity contribution in [3.63, 3.8) is 0 Å². The number of carboxylic acids is 1. The van der Waals surface area contributed by atoms with E-state index in [4.69, 9.17) is 5.11 Å². The average molecular weight is 268 g/mol. The van der Waals surface area contributed by atoms with Crippen LogP contribution in [0.25, 0.3) is 0 Å². The van der Waals surface area contributed by atoms with E-state index in [0.29, 0.717) is 12.5 Å². The fraction of sp³-hybridized carbons (Fsp3) is 0.857. The summed E-state index contributed by atoms with van der Waals surface area (Å²) in [6.07, 6.45) is 5.27. The molecular weight excluding hydrogens is 244 g/mol. The van der Waals surface area contributed by atoms with Crippen molar-refractivity contribution in [2.75, 3.05) is 19.6 Å². The molecule has 2 aliphatic rings. The summed E-state index contributed by atoms with van der Waals surface area (Å²) in [5.74, 6) is -0.176. The molecule has 108 valence electrons. The third-order valence-corrected chi connectivity index (χ3v) is 4.29. The highest BCUT2D eigenvalue weighted by Gasteiger charge is 2.35. The van der Waals surface area contributed by atoms with Crippen LogP contribution in [0.2, 0.25) is 0 Å². The van der Waals surface area contributed by atoms with Gasteiger partial charge in [-0.1, -0.05) is 13.3 Å². The second-order valence-electron chi connectivity index (χ2n) is 5.76. The van der Waals surface area contributed by atoms with E-state index in [-0.39, 0.29) is 18.5 Å². The van der Waals surface area contributed by atoms with E-state index in [9.17, 15) is 9.59 Å². The highest BCUT2D eigenvalue weighted by molar-refractivity contribution is 5.76. The van der Waals surface area contributed by atoms with Gasteiger partial charge in [-0.3, -0.25) is 4.79 Å². The minimum absolute atomic E-state index is 0.0577. The molecule has 1 N–H and O–H groups in total. The van der Waals surface area contributed by atoms with Crippen LogP contribution in [0.1, 0.15) is 45.4 Å². The van der Waals surface area contributed by atoms with Crippen LogP contribution in [-0.2, 0) is 4.79 Å². The maximum atomic E-state index is 12.4. The minimum atomic E-state index is -0.810. The lowest BCUT2D eigenvalue weighted by Gasteiger charge is -2.29. The number of likely N-dealkylation sites (tertiary alicyclic amines) is 2. The highest BCUT2D eigenvalue weighted by atomic mass is 16.4. The van der Waals surface area contributed by atoms with Crippen molar-refractivity contribution in [2.45, 2.75) is 51.5 Å². The van der Waals surface area contributed by atoms with Crippen molar-refractivity contribution in [1.29, 1.82) is 0 Å². The van der Waals surface area contributed by atoms with Gasteiger partial charge >= 0.3 is 12.0 Å². The molecule has 5 nitrogen and oxygen atoms in total. The van der Waals surface area contributed by atoms with Crippen molar-refractivity contribution < 1.29 is 14.7 Å². The summed E-state index contributed by atoms with van der Waals surface area (Å²) < 4.78 is 0. The Balaban J connectivity index is 1.90. The van der Waals surface area contributed by atoms with E-state index in [1.807, 2.05) is 4.90 Å². The van der Waals surface area contributed by atoms with Gasteiger partial charge in [0.1, 0.15) is 0 Å². The Kier molecular flexibility index (Phi) is 4.66. The Morgan fingerprint density at radius 1 is 1.26 bits per heavy atom. The minimum Gasteiger partial charge on any atom is -0.481 e. The molecule has 0 spiro atoms. The van der Waals surface area contributed by atoms with Crippen molar-refractivity contribution in [1.82, 2.24) is 9.80 Å². The van der Waals surface area contributed by atoms with Crippen LogP contribution in [0.3, 0.4) is 0 Å². The third kappa shape index (κ3) is 3.39. The zero-order valence-electron chi connectivity index (χ0n) is 11.7. The Morgan fingerprint density at radius 2 is 2.05 bits per heavy atom. The molecule has 2 atom stereocenters. The number of hydrogen-bond acceptors (Lipinski definition) is 2. The second kappa shape index (κ2) is 6.26. The molecule has 2 rings (SSSR count). The van der Waals surface area contributed by atoms with Gasteiger partial charge in [-0.25, -0.2) is 4.79 Å². The number of amides is 2. The molecule has 0 aromatic carbocycles. The van der Waals surface area contributed by atoms with Gasteiger partial charge in [-0.2, -0.15) is 0 Å². The van der Waals surface area contributed by atoms with Crippen molar-refractivity contribution >= 4 is 12.0 Å². The normalized spacial score (nSPS) is 27.0. The SMILES string of the molecule is CCCC1CCN(C(=O)N2CCCC2CC(=O)O)C1. The molecule has 2 aliphatic heterocycles. The number of aliphatic carboxylic acids is 1. The lowest BCUT2D eigenvalue weighted by atomic mass is 10.0. The summed E-state index contributed by atoms with van der Waals surface area (Å²) in [5, 5.41) is 8.90. The molecule has 2 saturated heterocycles. The van der Waals surface area contributed by atoms with Gasteiger partial charge in [0.05, 0.1) is 6.42 Å². The zero-order chi connectivity index (χ0) is 13.8. The maximum Gasteiger partial charge on any atom is 0.320 e. The van der Waals surface area contributed by atoms with E-state index in [0.717, 1.165) is 38.8 Å². The molecule has 2 unspecified atom stereocenters. The Morgan fingerprint density at radius 3 is 2.74 bits per heavy atom. The third-order valence-electron chi connectivity index (χ3n) is 4.29. The number of carbonyl (C=O) groups excluding carboxylic acids is 1. The predicted octanol–water partition coefficient (Wildman–Crippen LogP) is 2.17. The zero-order valence-corrected chi connectivity index (χ0v) is 11.7. The summed E-state index contributed by atoms with van der Waals surface area (Å²) in [5.41, 5.74) is 0. The molecular formula is C14H24N2O3. The van der Waals surface area contributed by atoms with Crippen LogP contribution >= 0.6 is 0 Å². The van der Waals surface area contributed by atoms with E-state index in [1.54, 1.807) is 4.90 Å². The molecule has 0 aromatic heterocycles. The molecule has 0 bridgehead atoms. The van der Waals surface area contributed by atoms with E-state index in [2.05, 4.69) is 6.92 Å². The van der Waals surface area contributed by atoms with Gasteiger partial charge in [-0.15, -0.1) is 0 Å². The first-order chi connectivity index (χ1) is 9.11. The predicted molar refractivity (Wildman–Crippen MR) is 72.0 cm³/mol. The van der Waals surface area contributed by atoms with Gasteiger partial charge < -0.3 is 14.9 Å². The molecule has 2 amide bonds. The number of rotatable bonds is 4. The summed E-state index contributed by atoms with van der Waals surface area (Å²) in [6, 6.07) is -0.0439. The van der Waals surface area contributed by atoms with Crippen LogP contribution < -0.4 is 0 Å². The Labute approximate surface area is 114 Å². The molecule has 5 heteroatoms. The Bertz CT molecular complexity index is 346. The lowest BCUT2D eigenvalue weighted by Crippen LogP contribution is -2.45. The maximum absolute atomic E-state index is 12.4. The monoisotopic (exact) mass is 268 g/mol. The molecule has 0 aliphatic carbocycles. The van der Waals surface area contributed by atoms with Crippen molar-refractivity contribution in [3.8, 4) is 0 Å². The topological polar surface area (TPSA) is 60.9 Å². The molecule has 0 saturated carbocycles. The molecule has 2 fully saturated rings. The summed E-state index contributed by atoms with van der Waals surface area (Å²) >= 11 is 0. The molecule has 2 heterocycles. The lowest BCUT2D eigenvalue weighted by molar-refractivity contribution is -0.138. The highest BCUT2D eigenvalue weighted by Crippen LogP contribution is 2.26. The van der Waals surface area contributed by atoms with Gasteiger partial charge in [0.25, 0.3) is 0 Å². The van der Waals surface area contributed by atoms with E-state index < -0.39 is 5.97 Å². The van der Waals surface area contributed by atoms with Crippen LogP contribution in [0, 0.1) is 5.92 Å². The van der Waals surface area contributed by atoms with Crippen molar-refractivity contribution in [3.05, 3.63) is 0 Å². The van der Waals surface area contributed by atoms with Gasteiger partial charge in [-0.05, 0) is 31.6 Å². The van der Waals surface area contributed by atoms with Gasteiger partial charge in [0.15, 0.2) is 0 Å². The van der Waals surface area contributed by atoms with Crippen LogP contribution in [0.5, 0.6) is 0 Å². The first kappa shape index (κ1) is 14.2. The van der Waals surface area contributed by atoms with Gasteiger partial charge in [0.2, 0.25) is 0 Å². The number of nitrogens with zero attached hydrogens (tertiary/aromatic N) is 2. The number of carbonyl (C=O) groups is 2. The number of urea groups is 1. The summed E-state index contributed by atoms with van der Waals surface area (Å²) in [7, 11) is 0. The van der Waals surface area contributed by atoms with Crippen LogP contribution in [0.15, 0.2) is 0 Å². The van der Waals surface area contributed by atoms with Gasteiger partial charge in [0, 0.05) is 25.7 Å². The fourth-order valence-electron chi connectivity index (χ4n) is 3.33. The first-order valence-corrected chi connectivity index (χ1v) is 7.39. The van der Waals surface area contributed by atoms with Crippen LogP contribution in [-0.4, -0.2) is 52.6 Å². The number of carboxylic acid groups (broad SMARTS) is 1. The Hall–Kier alpha value is -1.26. The largest absolute Gasteiger partial charge is 0.481 e. The number of hydrogen-bond donors (Lipinski definition) is 1. The average Bonchev–Trinajstić information content (AvgIpc) is 2.97. The smallest absolute Gasteiger partial charge is 0.320 e. The quantitative estimate of drug-likeness (QED) is 0.850. The second-order valence-corrected chi connectivity index (χ2v) is 5.76. The fourth-order valence-corrected chi connectivity index (χ4v) is 3.33. The standard InChI is InChI=1S/C14H24N2O3/c1-2-4-11-6-8-15(10-11)14(19)16-7-3-5-12(16)9-13(17)18/h11-12H,2-10H2,1H3,(H,17,18). The van der Waals surface area contributed by atoms with E-state index >= 15 is 0 Å². The molecule has 19 heavy (non-hydrogen) atoms. The molecule has 0 aromatic rings. The summed E-state index contributed by atoms with van der Waals surface area (Å²) in [4.78, 5) is 27.0. The van der Waals surface area contributed by atoms with Crippen molar-refractivity contribution in [2.24, 2.45) is 5.92 Å². The first-order valence-electron chi connectivity index (χ1n) is 7.39. The van der Waals surface area contributed by atoms with Crippen LogP contribution in [0.4, 0.5) is 4.79 Å². The van der Waals surface area contributed by atoms with E-state index in [1.165, 1.54) is 6.42 Å².